The molecule has 2 rings (SSSR count). The van der Waals surface area contributed by atoms with E-state index < -0.39 is 0 Å². The van der Waals surface area contributed by atoms with Gasteiger partial charge in [-0.1, -0.05) is 19.3 Å². The fourth-order valence-electron chi connectivity index (χ4n) is 3.54. The van der Waals surface area contributed by atoms with E-state index in [-0.39, 0.29) is 0 Å². The number of likely N-dealkylation sites (N-methyl/N-ethyl adjacent to an activating group) is 1. The number of rotatable bonds is 2. The van der Waals surface area contributed by atoms with Crippen LogP contribution in [0.3, 0.4) is 0 Å². The molecule has 1 saturated carbocycles. The first kappa shape index (κ1) is 13.8. The van der Waals surface area contributed by atoms with Crippen molar-refractivity contribution in [3.05, 3.63) is 0 Å². The molecule has 0 N–H and O–H groups in total. The van der Waals surface area contributed by atoms with Gasteiger partial charge < -0.3 is 4.90 Å². The predicted molar refractivity (Wildman–Crippen MR) is 74.3 cm³/mol. The zero-order chi connectivity index (χ0) is 13.0. The van der Waals surface area contributed by atoms with Gasteiger partial charge in [-0.15, -0.1) is 0 Å². The van der Waals surface area contributed by atoms with Crippen molar-refractivity contribution < 1.29 is 0 Å². The van der Waals surface area contributed by atoms with Crippen LogP contribution in [0.25, 0.3) is 0 Å². The Bertz CT molecular complexity index is 291. The molecule has 0 aromatic carbocycles. The lowest BCUT2D eigenvalue weighted by Gasteiger charge is -2.38. The second-order valence-corrected chi connectivity index (χ2v) is 6.12. The van der Waals surface area contributed by atoms with Crippen molar-refractivity contribution in [3.8, 4) is 6.07 Å². The molecule has 2 atom stereocenters. The van der Waals surface area contributed by atoms with Gasteiger partial charge in [0.15, 0.2) is 0 Å². The van der Waals surface area contributed by atoms with E-state index in [1.54, 1.807) is 0 Å². The molecule has 0 spiro atoms. The maximum atomic E-state index is 9.08. The Balaban J connectivity index is 2.06. The largest absolute Gasteiger partial charge is 0.302 e. The van der Waals surface area contributed by atoms with E-state index in [4.69, 9.17) is 5.26 Å². The Morgan fingerprint density at radius 3 is 2.56 bits per heavy atom. The summed E-state index contributed by atoms with van der Waals surface area (Å²) >= 11 is 0. The number of hydrogen-bond acceptors (Lipinski definition) is 3. The van der Waals surface area contributed by atoms with Gasteiger partial charge in [-0.05, 0) is 33.2 Å². The molecule has 1 heterocycles. The minimum absolute atomic E-state index is 0.452. The smallest absolute Gasteiger partial charge is 0.0638 e. The van der Waals surface area contributed by atoms with Gasteiger partial charge in [-0.2, -0.15) is 5.26 Å². The highest BCUT2D eigenvalue weighted by Gasteiger charge is 2.31. The van der Waals surface area contributed by atoms with Crippen LogP contribution in [0.5, 0.6) is 0 Å². The van der Waals surface area contributed by atoms with E-state index >= 15 is 0 Å². The highest BCUT2D eigenvalue weighted by molar-refractivity contribution is 4.92. The van der Waals surface area contributed by atoms with Crippen LogP contribution in [0.15, 0.2) is 0 Å². The van der Waals surface area contributed by atoms with Crippen LogP contribution < -0.4 is 0 Å². The van der Waals surface area contributed by atoms with Crippen molar-refractivity contribution in [2.75, 3.05) is 20.1 Å². The second-order valence-electron chi connectivity index (χ2n) is 6.12. The molecule has 102 valence electrons. The number of hydrogen-bond donors (Lipinski definition) is 0. The highest BCUT2D eigenvalue weighted by atomic mass is 15.3. The molecule has 0 aromatic rings. The Labute approximate surface area is 112 Å². The number of nitrogens with zero attached hydrogens (tertiary/aromatic N) is 3. The Hall–Kier alpha value is -0.590. The maximum Gasteiger partial charge on any atom is 0.0638 e. The SMILES string of the molecule is CC1CCN(C2CCCCC2)C(CC#N)CN1C. The average Bonchev–Trinajstić information content (AvgIpc) is 2.52. The van der Waals surface area contributed by atoms with Crippen molar-refractivity contribution >= 4 is 0 Å². The molecule has 2 fully saturated rings. The van der Waals surface area contributed by atoms with Gasteiger partial charge in [0.05, 0.1) is 12.5 Å². The molecule has 1 aliphatic heterocycles. The minimum Gasteiger partial charge on any atom is -0.302 e. The van der Waals surface area contributed by atoms with Crippen molar-refractivity contribution in [3.63, 3.8) is 0 Å². The van der Waals surface area contributed by atoms with Crippen molar-refractivity contribution in [2.24, 2.45) is 0 Å². The lowest BCUT2D eigenvalue weighted by molar-refractivity contribution is 0.105. The molecule has 0 aromatic heterocycles. The summed E-state index contributed by atoms with van der Waals surface area (Å²) in [6, 6.07) is 4.25. The van der Waals surface area contributed by atoms with Gasteiger partial charge in [0.1, 0.15) is 0 Å². The minimum atomic E-state index is 0.452. The van der Waals surface area contributed by atoms with Gasteiger partial charge in [0.25, 0.3) is 0 Å². The zero-order valence-electron chi connectivity index (χ0n) is 11.9. The summed E-state index contributed by atoms with van der Waals surface area (Å²) in [5.41, 5.74) is 0. The van der Waals surface area contributed by atoms with Crippen LogP contribution in [0, 0.1) is 11.3 Å². The first-order valence-electron chi connectivity index (χ1n) is 7.55. The molecule has 3 heteroatoms. The summed E-state index contributed by atoms with van der Waals surface area (Å²) in [5.74, 6) is 0. The Morgan fingerprint density at radius 2 is 1.89 bits per heavy atom. The van der Waals surface area contributed by atoms with E-state index in [1.165, 1.54) is 45.1 Å². The third kappa shape index (κ3) is 3.24. The third-order valence-electron chi connectivity index (χ3n) is 4.90. The molecule has 2 aliphatic rings. The van der Waals surface area contributed by atoms with E-state index in [0.29, 0.717) is 18.5 Å². The van der Waals surface area contributed by atoms with Gasteiger partial charge in [-0.25, -0.2) is 0 Å². The fraction of sp³-hybridized carbons (Fsp3) is 0.933. The summed E-state index contributed by atoms with van der Waals surface area (Å²) in [4.78, 5) is 5.10. The van der Waals surface area contributed by atoms with Gasteiger partial charge >= 0.3 is 0 Å². The van der Waals surface area contributed by atoms with E-state index in [0.717, 1.165) is 12.6 Å². The molecule has 3 nitrogen and oxygen atoms in total. The van der Waals surface area contributed by atoms with E-state index in [1.807, 2.05) is 0 Å². The standard InChI is InChI=1S/C15H27N3/c1-13-9-11-18(14-6-4-3-5-7-14)15(8-10-16)12-17(13)2/h13-15H,3-9,11-12H2,1-2H3. The van der Waals surface area contributed by atoms with Crippen LogP contribution in [0.1, 0.15) is 51.9 Å². The Kier molecular flexibility index (Phi) is 5.03. The van der Waals surface area contributed by atoms with Crippen LogP contribution >= 0.6 is 0 Å². The average molecular weight is 249 g/mol. The van der Waals surface area contributed by atoms with Crippen molar-refractivity contribution in [2.45, 2.75) is 70.0 Å². The summed E-state index contributed by atoms with van der Waals surface area (Å²) in [6.07, 6.45) is 8.80. The molecule has 2 unspecified atom stereocenters. The highest BCUT2D eigenvalue weighted by Crippen LogP contribution is 2.27. The van der Waals surface area contributed by atoms with Crippen LogP contribution in [-0.4, -0.2) is 48.1 Å². The topological polar surface area (TPSA) is 30.3 Å². The predicted octanol–water partition coefficient (Wildman–Crippen LogP) is 2.63. The zero-order valence-corrected chi connectivity index (χ0v) is 11.9. The summed E-state index contributed by atoms with van der Waals surface area (Å²) in [5, 5.41) is 9.08. The molecule has 0 radical (unpaired) electrons. The molecular formula is C15H27N3. The molecule has 0 bridgehead atoms. The summed E-state index contributed by atoms with van der Waals surface area (Å²) in [6.45, 7) is 4.56. The molecular weight excluding hydrogens is 222 g/mol. The lowest BCUT2D eigenvalue weighted by atomic mass is 9.92. The third-order valence-corrected chi connectivity index (χ3v) is 4.90. The van der Waals surface area contributed by atoms with Crippen molar-refractivity contribution in [1.82, 2.24) is 9.80 Å². The molecule has 0 amide bonds. The summed E-state index contributed by atoms with van der Waals surface area (Å²) in [7, 11) is 2.21. The van der Waals surface area contributed by atoms with Gasteiger partial charge in [0.2, 0.25) is 0 Å². The number of nitriles is 1. The van der Waals surface area contributed by atoms with Crippen LogP contribution in [0.4, 0.5) is 0 Å². The van der Waals surface area contributed by atoms with Gasteiger partial charge in [-0.3, -0.25) is 4.90 Å². The molecule has 1 saturated heterocycles. The monoisotopic (exact) mass is 249 g/mol. The second kappa shape index (κ2) is 6.54. The van der Waals surface area contributed by atoms with Crippen molar-refractivity contribution in [1.29, 1.82) is 5.26 Å². The Morgan fingerprint density at radius 1 is 1.17 bits per heavy atom. The molecule has 1 aliphatic carbocycles. The summed E-state index contributed by atoms with van der Waals surface area (Å²) < 4.78 is 0. The first-order chi connectivity index (χ1) is 8.72. The molecule has 18 heavy (non-hydrogen) atoms. The normalized spacial score (nSPS) is 32.9. The quantitative estimate of drug-likeness (QED) is 0.753. The maximum absolute atomic E-state index is 9.08. The fourth-order valence-corrected chi connectivity index (χ4v) is 3.54. The lowest BCUT2D eigenvalue weighted by Crippen LogP contribution is -2.47. The first-order valence-corrected chi connectivity index (χ1v) is 7.55. The van der Waals surface area contributed by atoms with E-state index in [9.17, 15) is 0 Å². The van der Waals surface area contributed by atoms with Gasteiger partial charge in [0, 0.05) is 31.2 Å². The van der Waals surface area contributed by atoms with Crippen LogP contribution in [-0.2, 0) is 0 Å². The van der Waals surface area contributed by atoms with Crippen LogP contribution in [0.2, 0.25) is 0 Å². The van der Waals surface area contributed by atoms with E-state index in [2.05, 4.69) is 29.8 Å².